The second-order valence-electron chi connectivity index (χ2n) is 10.6. The summed E-state index contributed by atoms with van der Waals surface area (Å²) in [5, 5.41) is 12.6. The Kier molecular flexibility index (Phi) is 11.6. The maximum absolute atomic E-state index is 13.5. The molecule has 14 heteroatoms. The van der Waals surface area contributed by atoms with Crippen LogP contribution >= 0.6 is 11.8 Å². The van der Waals surface area contributed by atoms with Crippen LogP contribution in [0.5, 0.6) is 5.75 Å². The van der Waals surface area contributed by atoms with E-state index >= 15 is 0 Å². The van der Waals surface area contributed by atoms with Gasteiger partial charge in [0.15, 0.2) is 6.61 Å². The van der Waals surface area contributed by atoms with Gasteiger partial charge in [-0.1, -0.05) is 12.1 Å². The molecular weight excluding hydrogens is 590 g/mol. The van der Waals surface area contributed by atoms with E-state index in [0.717, 1.165) is 18.6 Å². The third-order valence-electron chi connectivity index (χ3n) is 7.69. The van der Waals surface area contributed by atoms with E-state index in [-0.39, 0.29) is 69.9 Å². The molecular formula is C30H39N5O8S. The number of carbonyl (C=O) groups excluding carboxylic acids is 4. The molecule has 0 aliphatic carbocycles. The maximum atomic E-state index is 13.5. The summed E-state index contributed by atoms with van der Waals surface area (Å²) in [4.78, 5) is 72.6. The van der Waals surface area contributed by atoms with Crippen LogP contribution in [0.2, 0.25) is 0 Å². The van der Waals surface area contributed by atoms with E-state index in [1.807, 2.05) is 11.2 Å². The van der Waals surface area contributed by atoms with E-state index in [0.29, 0.717) is 23.2 Å². The third-order valence-corrected chi connectivity index (χ3v) is 8.40. The van der Waals surface area contributed by atoms with E-state index in [9.17, 15) is 29.1 Å². The van der Waals surface area contributed by atoms with Crippen LogP contribution in [0.15, 0.2) is 30.3 Å². The maximum Gasteiger partial charge on any atom is 0.409 e. The normalized spacial score (nSPS) is 17.3. The number of nitrogens with one attached hydrogen (secondary N) is 1. The van der Waals surface area contributed by atoms with Crippen molar-refractivity contribution in [3.8, 4) is 5.75 Å². The number of hydrogen-bond acceptors (Lipinski definition) is 9. The van der Waals surface area contributed by atoms with Crippen LogP contribution in [-0.4, -0.2) is 125 Å². The van der Waals surface area contributed by atoms with Gasteiger partial charge in [-0.15, -0.1) is 0 Å². The van der Waals surface area contributed by atoms with Gasteiger partial charge in [-0.25, -0.2) is 9.78 Å². The minimum Gasteiger partial charge on any atom is -0.483 e. The summed E-state index contributed by atoms with van der Waals surface area (Å²) in [6.07, 6.45) is 2.99. The number of carboxylic acid groups (broad SMARTS) is 1. The molecule has 2 unspecified atom stereocenters. The number of carbonyl (C=O) groups is 5. The lowest BCUT2D eigenvalue weighted by molar-refractivity contribution is -0.138. The topological polar surface area (TPSA) is 159 Å². The number of para-hydroxylation sites is 1. The Balaban J connectivity index is 1.48. The highest BCUT2D eigenvalue weighted by Crippen LogP contribution is 2.27. The van der Waals surface area contributed by atoms with Crippen molar-refractivity contribution < 1.29 is 38.6 Å². The van der Waals surface area contributed by atoms with Crippen LogP contribution in [0, 0.1) is 0 Å². The summed E-state index contributed by atoms with van der Waals surface area (Å²) in [5.41, 5.74) is 0.431. The first-order valence-corrected chi connectivity index (χ1v) is 16.1. The Bertz CT molecular complexity index is 1370. The lowest BCUT2D eigenvalue weighted by Gasteiger charge is -2.35. The summed E-state index contributed by atoms with van der Waals surface area (Å²) in [6, 6.07) is 7.54. The fraction of sp³-hybridized carbons (Fsp3) is 0.533. The number of pyridine rings is 1. The molecule has 4 rings (SSSR count). The van der Waals surface area contributed by atoms with Crippen molar-refractivity contribution in [2.24, 2.45) is 0 Å². The van der Waals surface area contributed by atoms with Gasteiger partial charge in [0.2, 0.25) is 5.91 Å². The van der Waals surface area contributed by atoms with Crippen molar-refractivity contribution in [3.05, 3.63) is 36.0 Å². The predicted molar refractivity (Wildman–Crippen MR) is 164 cm³/mol. The zero-order valence-corrected chi connectivity index (χ0v) is 25.8. The monoisotopic (exact) mass is 629 g/mol. The number of nitrogens with zero attached hydrogens (tertiary/aromatic N) is 4. The summed E-state index contributed by atoms with van der Waals surface area (Å²) in [7, 11) is 0. The molecule has 2 fully saturated rings. The fourth-order valence-electron chi connectivity index (χ4n) is 5.43. The van der Waals surface area contributed by atoms with Crippen molar-refractivity contribution in [2.45, 2.75) is 44.7 Å². The number of likely N-dealkylation sites (tertiary alicyclic amines) is 1. The molecule has 3 heterocycles. The number of benzene rings is 1. The first-order valence-electron chi connectivity index (χ1n) is 14.8. The van der Waals surface area contributed by atoms with Crippen molar-refractivity contribution in [1.82, 2.24) is 25.0 Å². The number of amides is 4. The van der Waals surface area contributed by atoms with Crippen molar-refractivity contribution in [1.29, 1.82) is 0 Å². The summed E-state index contributed by atoms with van der Waals surface area (Å²) >= 11 is 1.70. The van der Waals surface area contributed by atoms with Gasteiger partial charge < -0.3 is 34.6 Å². The molecule has 44 heavy (non-hydrogen) atoms. The van der Waals surface area contributed by atoms with Crippen molar-refractivity contribution in [2.75, 3.05) is 57.9 Å². The molecule has 1 aromatic heterocycles. The van der Waals surface area contributed by atoms with Crippen LogP contribution in [0.1, 0.15) is 43.1 Å². The smallest absolute Gasteiger partial charge is 0.409 e. The number of ether oxygens (including phenoxy) is 2. The number of thioether (sulfide) groups is 1. The van der Waals surface area contributed by atoms with Gasteiger partial charge in [-0.2, -0.15) is 11.8 Å². The molecule has 2 N–H and O–H groups in total. The van der Waals surface area contributed by atoms with Crippen LogP contribution in [0.3, 0.4) is 0 Å². The van der Waals surface area contributed by atoms with Gasteiger partial charge in [-0.05, 0) is 44.6 Å². The van der Waals surface area contributed by atoms with Gasteiger partial charge in [0.25, 0.3) is 11.8 Å². The average molecular weight is 630 g/mol. The van der Waals surface area contributed by atoms with Crippen LogP contribution in [-0.2, 0) is 19.1 Å². The van der Waals surface area contributed by atoms with Gasteiger partial charge in [0.05, 0.1) is 12.1 Å². The second kappa shape index (κ2) is 15.6. The zero-order chi connectivity index (χ0) is 31.6. The van der Waals surface area contributed by atoms with E-state index in [2.05, 4.69) is 10.3 Å². The summed E-state index contributed by atoms with van der Waals surface area (Å²) in [5.74, 6) is -1.20. The Morgan fingerprint density at radius 3 is 2.52 bits per heavy atom. The first-order chi connectivity index (χ1) is 21.2. The molecule has 2 atom stereocenters. The number of rotatable bonds is 12. The quantitative estimate of drug-likeness (QED) is 0.357. The summed E-state index contributed by atoms with van der Waals surface area (Å²) < 4.78 is 11.0. The van der Waals surface area contributed by atoms with Crippen LogP contribution in [0.25, 0.3) is 10.9 Å². The number of carboxylic acids is 1. The molecule has 2 aromatic rings. The Hall–Kier alpha value is -4.07. The molecule has 238 valence electrons. The molecule has 0 radical (unpaired) electrons. The highest BCUT2D eigenvalue weighted by molar-refractivity contribution is 7.98. The molecule has 2 aliphatic heterocycles. The van der Waals surface area contributed by atoms with Gasteiger partial charge in [-0.3, -0.25) is 19.2 Å². The first kappa shape index (κ1) is 32.8. The number of hydrogen-bond donors (Lipinski definition) is 2. The number of aromatic nitrogens is 1. The lowest BCUT2D eigenvalue weighted by Crippen LogP contribution is -2.56. The standard InChI is InChI=1S/C30H39N5O8S/c1-3-42-30(41)34-15-13-33(14-16-34)29(40)23(10-11-27(37)38)32-28(39)24-17-25(21-8-4-5-9-22(21)31-24)43-18-26(36)35-12-6-7-20(35)19-44-2/h4-5,8-9,17,20,23H,3,6-7,10-16,18-19H2,1-2H3,(H,32,39)(H,37,38). The van der Waals surface area contributed by atoms with Gasteiger partial charge in [0, 0.05) is 62.4 Å². The summed E-state index contributed by atoms with van der Waals surface area (Å²) in [6.45, 7) is 3.38. The van der Waals surface area contributed by atoms with Gasteiger partial charge >= 0.3 is 12.1 Å². The third kappa shape index (κ3) is 8.30. The molecule has 4 amide bonds. The highest BCUT2D eigenvalue weighted by Gasteiger charge is 2.32. The molecule has 2 saturated heterocycles. The molecule has 13 nitrogen and oxygen atoms in total. The Labute approximate surface area is 260 Å². The zero-order valence-electron chi connectivity index (χ0n) is 25.0. The van der Waals surface area contributed by atoms with Crippen molar-refractivity contribution >= 4 is 52.4 Å². The van der Waals surface area contributed by atoms with Gasteiger partial charge in [0.1, 0.15) is 17.5 Å². The van der Waals surface area contributed by atoms with E-state index < -0.39 is 29.9 Å². The second-order valence-corrected chi connectivity index (χ2v) is 11.5. The van der Waals surface area contributed by atoms with E-state index in [1.54, 1.807) is 43.0 Å². The Morgan fingerprint density at radius 2 is 1.82 bits per heavy atom. The van der Waals surface area contributed by atoms with Crippen LogP contribution < -0.4 is 10.1 Å². The van der Waals surface area contributed by atoms with Crippen LogP contribution in [0.4, 0.5) is 4.79 Å². The predicted octanol–water partition coefficient (Wildman–Crippen LogP) is 2.23. The molecule has 2 aliphatic rings. The number of fused-ring (bicyclic) bond motifs is 1. The highest BCUT2D eigenvalue weighted by atomic mass is 32.2. The van der Waals surface area contributed by atoms with E-state index in [1.165, 1.54) is 15.9 Å². The fourth-order valence-corrected chi connectivity index (χ4v) is 6.16. The Morgan fingerprint density at radius 1 is 1.09 bits per heavy atom. The average Bonchev–Trinajstić information content (AvgIpc) is 3.49. The minimum absolute atomic E-state index is 0.0344. The van der Waals surface area contributed by atoms with E-state index in [4.69, 9.17) is 9.47 Å². The van der Waals surface area contributed by atoms with Crippen molar-refractivity contribution in [3.63, 3.8) is 0 Å². The molecule has 0 saturated carbocycles. The minimum atomic E-state index is -1.13. The molecule has 1 aromatic carbocycles. The number of aliphatic carboxylic acids is 1. The largest absolute Gasteiger partial charge is 0.483 e. The lowest BCUT2D eigenvalue weighted by atomic mass is 10.1. The molecule has 0 bridgehead atoms. The number of piperazine rings is 1. The molecule has 0 spiro atoms. The SMILES string of the molecule is CCOC(=O)N1CCN(C(=O)C(CCC(=O)O)NC(=O)c2cc(OCC(=O)N3CCCC3CSC)c3ccccc3n2)CC1.